The number of methoxy groups -OCH3 is 1. The van der Waals surface area contributed by atoms with Crippen molar-refractivity contribution in [1.82, 2.24) is 0 Å². The molecule has 0 N–H and O–H groups in total. The molecule has 0 amide bonds. The molecule has 5 nitrogen and oxygen atoms in total. The smallest absolute Gasteiger partial charge is 0.338 e. The van der Waals surface area contributed by atoms with E-state index < -0.39 is 11.9 Å². The van der Waals surface area contributed by atoms with Gasteiger partial charge in [0, 0.05) is 16.7 Å². The number of rotatable bonds is 7. The summed E-state index contributed by atoms with van der Waals surface area (Å²) in [5.41, 5.74) is 2.93. The quantitative estimate of drug-likeness (QED) is 0.301. The summed E-state index contributed by atoms with van der Waals surface area (Å²) >= 11 is 0. The normalized spacial score (nSPS) is 10.8. The largest absolute Gasteiger partial charge is 0.490 e. The Labute approximate surface area is 198 Å². The van der Waals surface area contributed by atoms with Crippen molar-refractivity contribution in [2.45, 2.75) is 26.6 Å². The first kappa shape index (κ1) is 23.1. The van der Waals surface area contributed by atoms with Crippen LogP contribution in [-0.4, -0.2) is 25.2 Å². The molecular weight excluding hydrogens is 428 g/mol. The number of hydrogen-bond donors (Lipinski definition) is 0. The SMILES string of the molecule is COC(=O)c1cc2ccccc2c(-c2ccccc2OC(C)C)c1COC(=O)c1ccccc1. The van der Waals surface area contributed by atoms with E-state index in [1.54, 1.807) is 30.3 Å². The number of para-hydroxylation sites is 1. The number of carbonyl (C=O) groups is 2. The third-order valence-corrected chi connectivity index (χ3v) is 5.44. The summed E-state index contributed by atoms with van der Waals surface area (Å²) in [4.78, 5) is 25.6. The maximum Gasteiger partial charge on any atom is 0.338 e. The molecule has 0 saturated carbocycles. The lowest BCUT2D eigenvalue weighted by Crippen LogP contribution is -2.13. The average Bonchev–Trinajstić information content (AvgIpc) is 2.86. The van der Waals surface area contributed by atoms with Crippen LogP contribution in [0.25, 0.3) is 21.9 Å². The first-order valence-corrected chi connectivity index (χ1v) is 11.1. The number of carbonyl (C=O) groups excluding carboxylic acids is 2. The van der Waals surface area contributed by atoms with Gasteiger partial charge in [0.25, 0.3) is 0 Å². The zero-order valence-electron chi connectivity index (χ0n) is 19.4. The number of benzene rings is 4. The van der Waals surface area contributed by atoms with Crippen LogP contribution in [0.4, 0.5) is 0 Å². The highest BCUT2D eigenvalue weighted by molar-refractivity contribution is 6.06. The van der Waals surface area contributed by atoms with Crippen LogP contribution in [0.2, 0.25) is 0 Å². The zero-order valence-corrected chi connectivity index (χ0v) is 19.4. The monoisotopic (exact) mass is 454 g/mol. The van der Waals surface area contributed by atoms with E-state index in [2.05, 4.69) is 0 Å². The fourth-order valence-electron chi connectivity index (χ4n) is 3.97. The molecule has 0 unspecified atom stereocenters. The van der Waals surface area contributed by atoms with E-state index in [-0.39, 0.29) is 12.7 Å². The molecule has 5 heteroatoms. The molecule has 0 bridgehead atoms. The van der Waals surface area contributed by atoms with E-state index in [0.717, 1.165) is 21.9 Å². The molecule has 0 fully saturated rings. The summed E-state index contributed by atoms with van der Waals surface area (Å²) in [6, 6.07) is 26.0. The first-order chi connectivity index (χ1) is 16.5. The van der Waals surface area contributed by atoms with Crippen LogP contribution in [0.1, 0.15) is 40.1 Å². The van der Waals surface area contributed by atoms with Crippen LogP contribution < -0.4 is 4.74 Å². The minimum Gasteiger partial charge on any atom is -0.490 e. The minimum absolute atomic E-state index is 0.0458. The molecule has 0 aliphatic rings. The molecule has 0 atom stereocenters. The Morgan fingerprint density at radius 1 is 0.824 bits per heavy atom. The van der Waals surface area contributed by atoms with Crippen molar-refractivity contribution in [1.29, 1.82) is 0 Å². The Balaban J connectivity index is 1.92. The second-order valence-electron chi connectivity index (χ2n) is 8.10. The molecular formula is C29H26O5. The summed E-state index contributed by atoms with van der Waals surface area (Å²) in [6.45, 7) is 3.82. The van der Waals surface area contributed by atoms with Crippen molar-refractivity contribution < 1.29 is 23.8 Å². The van der Waals surface area contributed by atoms with Gasteiger partial charge in [-0.25, -0.2) is 9.59 Å². The third kappa shape index (κ3) is 4.79. The Morgan fingerprint density at radius 2 is 1.50 bits per heavy atom. The predicted octanol–water partition coefficient (Wildman–Crippen LogP) is 6.44. The molecule has 0 saturated heterocycles. The molecule has 0 aliphatic carbocycles. The standard InChI is InChI=1S/C29H26O5/c1-19(2)34-26-16-10-9-15-23(26)27-22-14-8-7-13-21(22)17-24(29(31)32-3)25(27)18-33-28(30)20-11-5-4-6-12-20/h4-17,19H,18H2,1-3H3. The highest BCUT2D eigenvalue weighted by atomic mass is 16.5. The second kappa shape index (κ2) is 10.2. The van der Waals surface area contributed by atoms with Crippen LogP contribution in [0.5, 0.6) is 5.75 Å². The third-order valence-electron chi connectivity index (χ3n) is 5.44. The van der Waals surface area contributed by atoms with Crippen molar-refractivity contribution in [3.63, 3.8) is 0 Å². The number of fused-ring (bicyclic) bond motifs is 1. The van der Waals surface area contributed by atoms with Crippen LogP contribution in [0.15, 0.2) is 84.9 Å². The summed E-state index contributed by atoms with van der Waals surface area (Å²) in [7, 11) is 1.34. The van der Waals surface area contributed by atoms with Gasteiger partial charge in [0.05, 0.1) is 24.3 Å². The fourth-order valence-corrected chi connectivity index (χ4v) is 3.97. The van der Waals surface area contributed by atoms with Gasteiger partial charge in [-0.1, -0.05) is 60.7 Å². The molecule has 0 spiro atoms. The lowest BCUT2D eigenvalue weighted by atomic mass is 9.89. The highest BCUT2D eigenvalue weighted by Crippen LogP contribution is 2.40. The highest BCUT2D eigenvalue weighted by Gasteiger charge is 2.23. The minimum atomic E-state index is -0.500. The molecule has 172 valence electrons. The Morgan fingerprint density at radius 3 is 2.24 bits per heavy atom. The van der Waals surface area contributed by atoms with Gasteiger partial charge in [-0.05, 0) is 48.9 Å². The molecule has 34 heavy (non-hydrogen) atoms. The Kier molecular flexibility index (Phi) is 6.93. The number of esters is 2. The first-order valence-electron chi connectivity index (χ1n) is 11.1. The van der Waals surface area contributed by atoms with Crippen molar-refractivity contribution in [3.8, 4) is 16.9 Å². The van der Waals surface area contributed by atoms with Gasteiger partial charge in [0.1, 0.15) is 12.4 Å². The van der Waals surface area contributed by atoms with Gasteiger partial charge in [-0.2, -0.15) is 0 Å². The topological polar surface area (TPSA) is 61.8 Å². The molecule has 4 aromatic rings. The summed E-state index contributed by atoms with van der Waals surface area (Å²) in [6.07, 6.45) is -0.0458. The van der Waals surface area contributed by atoms with E-state index in [0.29, 0.717) is 22.4 Å². The number of hydrogen-bond acceptors (Lipinski definition) is 5. The van der Waals surface area contributed by atoms with E-state index >= 15 is 0 Å². The summed E-state index contributed by atoms with van der Waals surface area (Å²) in [5.74, 6) is -0.289. The van der Waals surface area contributed by atoms with Crippen LogP contribution in [0, 0.1) is 0 Å². The molecule has 4 rings (SSSR count). The predicted molar refractivity (Wildman–Crippen MR) is 132 cm³/mol. The van der Waals surface area contributed by atoms with Gasteiger partial charge in [-0.3, -0.25) is 0 Å². The van der Waals surface area contributed by atoms with E-state index in [4.69, 9.17) is 14.2 Å². The zero-order chi connectivity index (χ0) is 24.1. The van der Waals surface area contributed by atoms with Crippen molar-refractivity contribution in [2.24, 2.45) is 0 Å². The van der Waals surface area contributed by atoms with Crippen molar-refractivity contribution >= 4 is 22.7 Å². The van der Waals surface area contributed by atoms with E-state index in [1.165, 1.54) is 7.11 Å². The van der Waals surface area contributed by atoms with Gasteiger partial charge >= 0.3 is 11.9 Å². The van der Waals surface area contributed by atoms with Crippen LogP contribution >= 0.6 is 0 Å². The molecule has 4 aromatic carbocycles. The van der Waals surface area contributed by atoms with Gasteiger partial charge in [0.2, 0.25) is 0 Å². The maximum atomic E-state index is 12.8. The van der Waals surface area contributed by atoms with Crippen molar-refractivity contribution in [3.05, 3.63) is 102 Å². The van der Waals surface area contributed by atoms with E-state index in [1.807, 2.05) is 68.4 Å². The maximum absolute atomic E-state index is 12.8. The van der Waals surface area contributed by atoms with E-state index in [9.17, 15) is 9.59 Å². The van der Waals surface area contributed by atoms with Gasteiger partial charge < -0.3 is 14.2 Å². The number of ether oxygens (including phenoxy) is 3. The Hall–Kier alpha value is -4.12. The second-order valence-corrected chi connectivity index (χ2v) is 8.10. The van der Waals surface area contributed by atoms with Crippen molar-refractivity contribution in [2.75, 3.05) is 7.11 Å². The summed E-state index contributed by atoms with van der Waals surface area (Å²) in [5, 5.41) is 1.79. The lowest BCUT2D eigenvalue weighted by molar-refractivity contribution is 0.0462. The van der Waals surface area contributed by atoms with Gasteiger partial charge in [0.15, 0.2) is 0 Å². The van der Waals surface area contributed by atoms with Crippen LogP contribution in [0.3, 0.4) is 0 Å². The van der Waals surface area contributed by atoms with Crippen LogP contribution in [-0.2, 0) is 16.1 Å². The fraction of sp³-hybridized carbons (Fsp3) is 0.172. The molecule has 0 heterocycles. The van der Waals surface area contributed by atoms with Gasteiger partial charge in [-0.15, -0.1) is 0 Å². The summed E-state index contributed by atoms with van der Waals surface area (Å²) < 4.78 is 16.9. The molecule has 0 aliphatic heterocycles. The molecule has 0 aromatic heterocycles. The molecule has 0 radical (unpaired) electrons. The lowest BCUT2D eigenvalue weighted by Gasteiger charge is -2.20. The average molecular weight is 455 g/mol. The Bertz CT molecular complexity index is 1330.